The van der Waals surface area contributed by atoms with E-state index >= 15 is 0 Å². The van der Waals surface area contributed by atoms with Crippen LogP contribution in [0.3, 0.4) is 0 Å². The van der Waals surface area contributed by atoms with Crippen LogP contribution < -0.4 is 0 Å². The van der Waals surface area contributed by atoms with E-state index in [1.54, 1.807) is 19.1 Å². The van der Waals surface area contributed by atoms with Crippen molar-refractivity contribution >= 4 is 17.6 Å². The van der Waals surface area contributed by atoms with E-state index in [0.29, 0.717) is 6.61 Å². The molecule has 0 saturated heterocycles. The van der Waals surface area contributed by atoms with E-state index in [4.69, 9.17) is 16.3 Å². The SMILES string of the molecule is COC(=O)/C=C/C=C/[C@@](C)(O)[C@H](Cl)[C@@H](C)[C@H](C)OCc1ccccc1. The van der Waals surface area contributed by atoms with Crippen LogP contribution in [0.4, 0.5) is 0 Å². The topological polar surface area (TPSA) is 55.8 Å². The van der Waals surface area contributed by atoms with Crippen molar-refractivity contribution in [2.45, 2.75) is 44.5 Å². The fourth-order valence-electron chi connectivity index (χ4n) is 2.27. The number of allylic oxidation sites excluding steroid dienone is 2. The minimum absolute atomic E-state index is 0.0883. The maximum atomic E-state index is 11.0. The van der Waals surface area contributed by atoms with Crippen LogP contribution in [-0.4, -0.2) is 35.3 Å². The molecule has 0 aliphatic heterocycles. The van der Waals surface area contributed by atoms with Crippen LogP contribution in [0.2, 0.25) is 0 Å². The second-order valence-electron chi connectivity index (χ2n) is 6.23. The predicted molar refractivity (Wildman–Crippen MR) is 100 cm³/mol. The van der Waals surface area contributed by atoms with Gasteiger partial charge in [0.1, 0.15) is 0 Å². The highest BCUT2D eigenvalue weighted by Crippen LogP contribution is 2.28. The van der Waals surface area contributed by atoms with E-state index in [2.05, 4.69) is 4.74 Å². The molecule has 0 spiro atoms. The molecular weight excluding hydrogens is 340 g/mol. The van der Waals surface area contributed by atoms with Crippen molar-refractivity contribution in [2.24, 2.45) is 5.92 Å². The van der Waals surface area contributed by atoms with Crippen molar-refractivity contribution in [3.05, 3.63) is 60.2 Å². The van der Waals surface area contributed by atoms with Crippen molar-refractivity contribution in [1.29, 1.82) is 0 Å². The summed E-state index contributed by atoms with van der Waals surface area (Å²) in [4.78, 5) is 11.0. The Bertz CT molecular complexity index is 581. The standard InChI is InChI=1S/C20H27ClO4/c1-15(16(2)25-14-17-10-6-5-7-11-17)19(21)20(3,23)13-9-8-12-18(22)24-4/h5-13,15-16,19,23H,14H2,1-4H3/b12-8+,13-9+/t15-,16-,19+,20+/m0/s1. The average Bonchev–Trinajstić information content (AvgIpc) is 2.62. The van der Waals surface area contributed by atoms with E-state index in [-0.39, 0.29) is 12.0 Å². The van der Waals surface area contributed by atoms with Gasteiger partial charge in [0.25, 0.3) is 0 Å². The smallest absolute Gasteiger partial charge is 0.330 e. The molecule has 1 aromatic carbocycles. The van der Waals surface area contributed by atoms with E-state index in [0.717, 1.165) is 5.56 Å². The zero-order chi connectivity index (χ0) is 18.9. The first-order chi connectivity index (χ1) is 11.8. The summed E-state index contributed by atoms with van der Waals surface area (Å²) in [7, 11) is 1.31. The molecular formula is C20H27ClO4. The van der Waals surface area contributed by atoms with Gasteiger partial charge in [0.2, 0.25) is 0 Å². The van der Waals surface area contributed by atoms with Crippen LogP contribution in [0, 0.1) is 5.92 Å². The van der Waals surface area contributed by atoms with Crippen LogP contribution in [0.1, 0.15) is 26.3 Å². The van der Waals surface area contributed by atoms with Gasteiger partial charge in [-0.05, 0) is 19.4 Å². The van der Waals surface area contributed by atoms with Crippen LogP contribution in [0.25, 0.3) is 0 Å². The summed E-state index contributed by atoms with van der Waals surface area (Å²) in [5, 5.41) is 10.0. The third-order valence-electron chi connectivity index (χ3n) is 4.09. The molecule has 0 aromatic heterocycles. The Morgan fingerprint density at radius 3 is 2.52 bits per heavy atom. The first-order valence-electron chi connectivity index (χ1n) is 8.23. The molecule has 0 radical (unpaired) electrons. The normalized spacial score (nSPS) is 18.0. The predicted octanol–water partition coefficient (Wildman–Crippen LogP) is 3.87. The van der Waals surface area contributed by atoms with Gasteiger partial charge < -0.3 is 14.6 Å². The van der Waals surface area contributed by atoms with Gasteiger partial charge in [0.05, 0.1) is 30.8 Å². The van der Waals surface area contributed by atoms with Crippen molar-refractivity contribution < 1.29 is 19.4 Å². The Morgan fingerprint density at radius 2 is 1.92 bits per heavy atom. The van der Waals surface area contributed by atoms with E-state index in [1.807, 2.05) is 44.2 Å². The summed E-state index contributed by atoms with van der Waals surface area (Å²) in [6, 6.07) is 9.90. The molecule has 0 heterocycles. The van der Waals surface area contributed by atoms with E-state index in [9.17, 15) is 9.90 Å². The fraction of sp³-hybridized carbons (Fsp3) is 0.450. The van der Waals surface area contributed by atoms with Gasteiger partial charge in [0, 0.05) is 12.0 Å². The number of alkyl halides is 1. The lowest BCUT2D eigenvalue weighted by Crippen LogP contribution is -2.42. The zero-order valence-electron chi connectivity index (χ0n) is 15.2. The number of ether oxygens (including phenoxy) is 2. The molecule has 25 heavy (non-hydrogen) atoms. The monoisotopic (exact) mass is 366 g/mol. The van der Waals surface area contributed by atoms with Gasteiger partial charge >= 0.3 is 5.97 Å². The molecule has 4 atom stereocenters. The molecule has 1 rings (SSSR count). The highest BCUT2D eigenvalue weighted by molar-refractivity contribution is 6.21. The summed E-state index contributed by atoms with van der Waals surface area (Å²) in [6.07, 6.45) is 5.78. The average molecular weight is 367 g/mol. The molecule has 0 unspecified atom stereocenters. The van der Waals surface area contributed by atoms with Gasteiger partial charge in [-0.15, -0.1) is 11.6 Å². The highest BCUT2D eigenvalue weighted by atomic mass is 35.5. The number of esters is 1. The van der Waals surface area contributed by atoms with Crippen molar-refractivity contribution in [3.8, 4) is 0 Å². The number of carbonyl (C=O) groups is 1. The molecule has 0 fully saturated rings. The number of rotatable bonds is 9. The fourth-order valence-corrected chi connectivity index (χ4v) is 2.55. The number of methoxy groups -OCH3 is 1. The number of benzene rings is 1. The van der Waals surface area contributed by atoms with Gasteiger partial charge in [-0.2, -0.15) is 0 Å². The molecule has 0 bridgehead atoms. The molecule has 1 aromatic rings. The summed E-state index contributed by atoms with van der Waals surface area (Å²) < 4.78 is 10.4. The Kier molecular flexibility index (Phi) is 8.90. The molecule has 5 heteroatoms. The number of halogens is 1. The lowest BCUT2D eigenvalue weighted by molar-refractivity contribution is -0.134. The lowest BCUT2D eigenvalue weighted by Gasteiger charge is -2.33. The molecule has 1 N–H and O–H groups in total. The maximum Gasteiger partial charge on any atom is 0.330 e. The summed E-state index contributed by atoms with van der Waals surface area (Å²) >= 11 is 6.47. The Balaban J connectivity index is 2.59. The quantitative estimate of drug-likeness (QED) is 0.312. The number of aliphatic hydroxyl groups is 1. The summed E-state index contributed by atoms with van der Waals surface area (Å²) in [5.41, 5.74) is -0.154. The van der Waals surface area contributed by atoms with Crippen molar-refractivity contribution in [2.75, 3.05) is 7.11 Å². The summed E-state index contributed by atoms with van der Waals surface area (Å²) in [5.74, 6) is -0.544. The highest BCUT2D eigenvalue weighted by Gasteiger charge is 2.34. The Labute approximate surface area is 155 Å². The molecule has 0 aliphatic carbocycles. The molecule has 4 nitrogen and oxygen atoms in total. The first-order valence-corrected chi connectivity index (χ1v) is 8.67. The number of hydrogen-bond acceptors (Lipinski definition) is 4. The van der Waals surface area contributed by atoms with Crippen LogP contribution >= 0.6 is 11.6 Å². The number of hydrogen-bond donors (Lipinski definition) is 1. The number of carbonyl (C=O) groups excluding carboxylic acids is 1. The second-order valence-corrected chi connectivity index (χ2v) is 6.70. The third-order valence-corrected chi connectivity index (χ3v) is 4.93. The largest absolute Gasteiger partial charge is 0.466 e. The van der Waals surface area contributed by atoms with Gasteiger partial charge in [-0.3, -0.25) is 0 Å². The third kappa shape index (κ3) is 7.43. The Hall–Kier alpha value is -1.62. The molecule has 138 valence electrons. The minimum atomic E-state index is -1.24. The van der Waals surface area contributed by atoms with Crippen LogP contribution in [-0.2, 0) is 20.9 Å². The maximum absolute atomic E-state index is 11.0. The molecule has 0 aliphatic rings. The van der Waals surface area contributed by atoms with Crippen molar-refractivity contribution in [3.63, 3.8) is 0 Å². The second kappa shape index (κ2) is 10.4. The van der Waals surface area contributed by atoms with Gasteiger partial charge in [0.15, 0.2) is 0 Å². The molecule has 0 amide bonds. The van der Waals surface area contributed by atoms with E-state index < -0.39 is 16.9 Å². The minimum Gasteiger partial charge on any atom is -0.466 e. The summed E-state index contributed by atoms with van der Waals surface area (Å²) in [6.45, 7) is 6.02. The lowest BCUT2D eigenvalue weighted by atomic mass is 9.89. The van der Waals surface area contributed by atoms with E-state index in [1.165, 1.54) is 19.3 Å². The van der Waals surface area contributed by atoms with Crippen molar-refractivity contribution in [1.82, 2.24) is 0 Å². The van der Waals surface area contributed by atoms with Crippen LogP contribution in [0.5, 0.6) is 0 Å². The van der Waals surface area contributed by atoms with Crippen LogP contribution in [0.15, 0.2) is 54.6 Å². The first kappa shape index (κ1) is 21.4. The Morgan fingerprint density at radius 1 is 1.28 bits per heavy atom. The van der Waals surface area contributed by atoms with Gasteiger partial charge in [-0.1, -0.05) is 55.5 Å². The molecule has 0 saturated carbocycles. The van der Waals surface area contributed by atoms with Gasteiger partial charge in [-0.25, -0.2) is 4.79 Å². The zero-order valence-corrected chi connectivity index (χ0v) is 15.9.